The molecule has 0 saturated heterocycles. The molecule has 0 atom stereocenters. The smallest absolute Gasteiger partial charge is 0.262 e. The Kier molecular flexibility index (Phi) is 3.60. The van der Waals surface area contributed by atoms with Crippen LogP contribution in [0, 0.1) is 6.92 Å². The molecule has 0 spiro atoms. The summed E-state index contributed by atoms with van der Waals surface area (Å²) in [6.07, 6.45) is 0.865. The Morgan fingerprint density at radius 3 is 2.76 bits per heavy atom. The van der Waals surface area contributed by atoms with Crippen LogP contribution in [0.15, 0.2) is 29.1 Å². The van der Waals surface area contributed by atoms with Crippen molar-refractivity contribution in [2.75, 3.05) is 20.8 Å². The van der Waals surface area contributed by atoms with E-state index in [-0.39, 0.29) is 5.56 Å². The molecule has 1 N–H and O–H groups in total. The van der Waals surface area contributed by atoms with E-state index in [0.717, 1.165) is 28.9 Å². The van der Waals surface area contributed by atoms with Crippen LogP contribution in [0.3, 0.4) is 0 Å². The van der Waals surface area contributed by atoms with Gasteiger partial charge in [0.15, 0.2) is 0 Å². The Balaban J connectivity index is 1.95. The molecule has 2 heterocycles. The zero-order valence-corrected chi connectivity index (χ0v) is 14.3. The molecule has 0 radical (unpaired) electrons. The van der Waals surface area contributed by atoms with Gasteiger partial charge in [-0.05, 0) is 30.2 Å². The predicted molar refractivity (Wildman–Crippen MR) is 94.8 cm³/mol. The fraction of sp³-hybridized carbons (Fsp3) is 0.263. The van der Waals surface area contributed by atoms with Crippen LogP contribution in [0.5, 0.6) is 17.2 Å². The summed E-state index contributed by atoms with van der Waals surface area (Å²) in [5, 5.41) is 0.410. The van der Waals surface area contributed by atoms with E-state index in [1.165, 1.54) is 7.11 Å². The van der Waals surface area contributed by atoms with Crippen LogP contribution in [0.2, 0.25) is 0 Å². The van der Waals surface area contributed by atoms with Gasteiger partial charge >= 0.3 is 0 Å². The van der Waals surface area contributed by atoms with Gasteiger partial charge in [-0.3, -0.25) is 4.79 Å². The summed E-state index contributed by atoms with van der Waals surface area (Å²) < 4.78 is 16.2. The minimum absolute atomic E-state index is 0.242. The Hall–Kier alpha value is -3.02. The summed E-state index contributed by atoms with van der Waals surface area (Å²) in [7, 11) is 3.09. The quantitative estimate of drug-likeness (QED) is 0.795. The summed E-state index contributed by atoms with van der Waals surface area (Å²) in [6.45, 7) is 2.69. The second kappa shape index (κ2) is 5.81. The first kappa shape index (κ1) is 15.5. The number of benzene rings is 2. The molecule has 0 bridgehead atoms. The van der Waals surface area contributed by atoms with Crippen LogP contribution in [-0.2, 0) is 6.42 Å². The molecule has 0 unspecified atom stereocenters. The molecule has 4 rings (SSSR count). The summed E-state index contributed by atoms with van der Waals surface area (Å²) in [5.41, 5.74) is 3.33. The molecule has 0 aliphatic carbocycles. The topological polar surface area (TPSA) is 73.4 Å². The third-order valence-electron chi connectivity index (χ3n) is 4.44. The standard InChI is InChI=1S/C19H18N2O4/c1-10-6-12(7-11-4-5-25-17(10)11)18-20-14-8-13(23-2)9-15(24-3)16(14)19(22)21-18/h6-9H,4-5H2,1-3H3,(H,20,21,22). The molecular weight excluding hydrogens is 320 g/mol. The van der Waals surface area contributed by atoms with Gasteiger partial charge in [-0.1, -0.05) is 0 Å². The normalized spacial score (nSPS) is 12.8. The molecular formula is C19H18N2O4. The zero-order chi connectivity index (χ0) is 17.6. The average molecular weight is 338 g/mol. The number of aromatic nitrogens is 2. The van der Waals surface area contributed by atoms with Crippen molar-refractivity contribution in [1.29, 1.82) is 0 Å². The Bertz CT molecular complexity index is 1040. The van der Waals surface area contributed by atoms with E-state index in [9.17, 15) is 4.79 Å². The lowest BCUT2D eigenvalue weighted by Crippen LogP contribution is -2.11. The number of hydrogen-bond donors (Lipinski definition) is 1. The van der Waals surface area contributed by atoms with E-state index >= 15 is 0 Å². The lowest BCUT2D eigenvalue weighted by Gasteiger charge is -2.11. The van der Waals surface area contributed by atoms with Crippen LogP contribution in [-0.4, -0.2) is 30.8 Å². The van der Waals surface area contributed by atoms with Gasteiger partial charge in [0, 0.05) is 24.1 Å². The van der Waals surface area contributed by atoms with E-state index in [2.05, 4.69) is 9.97 Å². The molecule has 0 amide bonds. The second-order valence-corrected chi connectivity index (χ2v) is 6.02. The van der Waals surface area contributed by atoms with Gasteiger partial charge in [-0.25, -0.2) is 4.98 Å². The lowest BCUT2D eigenvalue weighted by atomic mass is 10.0. The zero-order valence-electron chi connectivity index (χ0n) is 14.3. The maximum Gasteiger partial charge on any atom is 0.262 e. The van der Waals surface area contributed by atoms with Crippen molar-refractivity contribution >= 4 is 10.9 Å². The van der Waals surface area contributed by atoms with Gasteiger partial charge in [0.2, 0.25) is 0 Å². The van der Waals surface area contributed by atoms with Gasteiger partial charge in [-0.2, -0.15) is 0 Å². The predicted octanol–water partition coefficient (Wildman–Crippen LogP) is 2.85. The highest BCUT2D eigenvalue weighted by atomic mass is 16.5. The number of H-pyrrole nitrogens is 1. The highest BCUT2D eigenvalue weighted by Gasteiger charge is 2.18. The first-order chi connectivity index (χ1) is 12.1. The van der Waals surface area contributed by atoms with Crippen molar-refractivity contribution in [3.8, 4) is 28.6 Å². The number of nitrogens with zero attached hydrogens (tertiary/aromatic N) is 1. The molecule has 25 heavy (non-hydrogen) atoms. The fourth-order valence-corrected chi connectivity index (χ4v) is 3.27. The minimum Gasteiger partial charge on any atom is -0.497 e. The maximum absolute atomic E-state index is 12.6. The number of hydrogen-bond acceptors (Lipinski definition) is 5. The maximum atomic E-state index is 12.6. The van der Waals surface area contributed by atoms with Gasteiger partial charge in [-0.15, -0.1) is 0 Å². The summed E-state index contributed by atoms with van der Waals surface area (Å²) in [4.78, 5) is 20.1. The molecule has 6 nitrogen and oxygen atoms in total. The monoisotopic (exact) mass is 338 g/mol. The summed E-state index contributed by atoms with van der Waals surface area (Å²) in [5.74, 6) is 2.49. The Labute approximate surface area is 144 Å². The summed E-state index contributed by atoms with van der Waals surface area (Å²) >= 11 is 0. The first-order valence-corrected chi connectivity index (χ1v) is 8.03. The third-order valence-corrected chi connectivity index (χ3v) is 4.44. The molecule has 2 aromatic carbocycles. The molecule has 3 aromatic rings. The van der Waals surface area contributed by atoms with Crippen LogP contribution >= 0.6 is 0 Å². The van der Waals surface area contributed by atoms with Crippen molar-refractivity contribution in [3.05, 3.63) is 45.7 Å². The van der Waals surface area contributed by atoms with Crippen molar-refractivity contribution in [1.82, 2.24) is 9.97 Å². The van der Waals surface area contributed by atoms with E-state index in [1.807, 2.05) is 19.1 Å². The molecule has 0 saturated carbocycles. The van der Waals surface area contributed by atoms with E-state index in [1.54, 1.807) is 19.2 Å². The molecule has 6 heteroatoms. The molecule has 1 aliphatic rings. The van der Waals surface area contributed by atoms with Gasteiger partial charge in [0.1, 0.15) is 28.5 Å². The van der Waals surface area contributed by atoms with E-state index in [4.69, 9.17) is 14.2 Å². The second-order valence-electron chi connectivity index (χ2n) is 6.02. The molecule has 1 aliphatic heterocycles. The number of rotatable bonds is 3. The van der Waals surface area contributed by atoms with Gasteiger partial charge < -0.3 is 19.2 Å². The van der Waals surface area contributed by atoms with Crippen LogP contribution in [0.4, 0.5) is 0 Å². The van der Waals surface area contributed by atoms with Gasteiger partial charge in [0.25, 0.3) is 5.56 Å². The Morgan fingerprint density at radius 2 is 2.00 bits per heavy atom. The van der Waals surface area contributed by atoms with Crippen molar-refractivity contribution in [3.63, 3.8) is 0 Å². The number of fused-ring (bicyclic) bond motifs is 2. The number of aryl methyl sites for hydroxylation is 1. The van der Waals surface area contributed by atoms with Crippen LogP contribution in [0.1, 0.15) is 11.1 Å². The molecule has 0 fully saturated rings. The number of nitrogens with one attached hydrogen (secondary N) is 1. The Morgan fingerprint density at radius 1 is 1.16 bits per heavy atom. The first-order valence-electron chi connectivity index (χ1n) is 8.03. The highest BCUT2D eigenvalue weighted by Crippen LogP contribution is 2.34. The van der Waals surface area contributed by atoms with E-state index in [0.29, 0.717) is 34.8 Å². The third kappa shape index (κ3) is 2.50. The minimum atomic E-state index is -0.242. The molecule has 1 aromatic heterocycles. The SMILES string of the molecule is COc1cc(OC)c2c(=O)[nH]c(-c3cc(C)c4c(c3)CCO4)nc2c1. The molecule has 128 valence electrons. The van der Waals surface area contributed by atoms with E-state index < -0.39 is 0 Å². The van der Waals surface area contributed by atoms with Gasteiger partial charge in [0.05, 0.1) is 26.3 Å². The van der Waals surface area contributed by atoms with Crippen LogP contribution in [0.25, 0.3) is 22.3 Å². The largest absolute Gasteiger partial charge is 0.497 e. The van der Waals surface area contributed by atoms with Crippen molar-refractivity contribution in [2.45, 2.75) is 13.3 Å². The lowest BCUT2D eigenvalue weighted by molar-refractivity contribution is 0.354. The van der Waals surface area contributed by atoms with Crippen molar-refractivity contribution in [2.24, 2.45) is 0 Å². The highest BCUT2D eigenvalue weighted by molar-refractivity contribution is 5.87. The fourth-order valence-electron chi connectivity index (χ4n) is 3.27. The number of methoxy groups -OCH3 is 2. The summed E-state index contributed by atoms with van der Waals surface area (Å²) in [6, 6.07) is 7.41. The van der Waals surface area contributed by atoms with Crippen molar-refractivity contribution < 1.29 is 14.2 Å². The number of ether oxygens (including phenoxy) is 3. The van der Waals surface area contributed by atoms with Crippen LogP contribution < -0.4 is 19.8 Å². The number of aromatic amines is 1. The average Bonchev–Trinajstić information content (AvgIpc) is 3.09.